The van der Waals surface area contributed by atoms with E-state index < -0.39 is 0 Å². The summed E-state index contributed by atoms with van der Waals surface area (Å²) in [5.41, 5.74) is 3.49. The van der Waals surface area contributed by atoms with Crippen LogP contribution in [0.4, 0.5) is 4.39 Å². The molecule has 1 heterocycles. The maximum atomic E-state index is 13.3. The fourth-order valence-corrected chi connectivity index (χ4v) is 3.80. The number of halogens is 1. The Labute approximate surface area is 209 Å². The van der Waals surface area contributed by atoms with Crippen molar-refractivity contribution in [3.05, 3.63) is 83.4 Å². The molecule has 0 atom stereocenters. The zero-order valence-corrected chi connectivity index (χ0v) is 20.6. The second-order valence-corrected chi connectivity index (χ2v) is 8.22. The van der Waals surface area contributed by atoms with Crippen LogP contribution in [0.5, 0.6) is 17.2 Å². The number of benzene rings is 3. The minimum atomic E-state index is -0.301. The van der Waals surface area contributed by atoms with Gasteiger partial charge in [-0.1, -0.05) is 18.2 Å². The van der Waals surface area contributed by atoms with E-state index in [1.165, 1.54) is 12.1 Å². The van der Waals surface area contributed by atoms with Gasteiger partial charge < -0.3 is 23.5 Å². The van der Waals surface area contributed by atoms with E-state index in [1.807, 2.05) is 41.9 Å². The fraction of sp³-hybridized carbons (Fsp3) is 0.286. The van der Waals surface area contributed by atoms with Gasteiger partial charge in [-0.15, -0.1) is 0 Å². The predicted octanol–water partition coefficient (Wildman–Crippen LogP) is 5.37. The van der Waals surface area contributed by atoms with Crippen molar-refractivity contribution < 1.29 is 28.1 Å². The number of imidazole rings is 1. The Bertz CT molecular complexity index is 1330. The summed E-state index contributed by atoms with van der Waals surface area (Å²) in [4.78, 5) is 16.5. The van der Waals surface area contributed by atoms with Crippen LogP contribution in [0.25, 0.3) is 11.0 Å². The third-order valence-electron chi connectivity index (χ3n) is 5.80. The molecule has 8 heteroatoms. The van der Waals surface area contributed by atoms with Gasteiger partial charge in [-0.2, -0.15) is 0 Å². The topological polar surface area (TPSA) is 71.8 Å². The first kappa shape index (κ1) is 25.0. The normalized spacial score (nSPS) is 10.9. The van der Waals surface area contributed by atoms with Crippen molar-refractivity contribution >= 4 is 17.0 Å². The first-order chi connectivity index (χ1) is 17.5. The van der Waals surface area contributed by atoms with Gasteiger partial charge in [0.2, 0.25) is 0 Å². The molecule has 0 aliphatic rings. The Balaban J connectivity index is 1.50. The van der Waals surface area contributed by atoms with E-state index in [0.29, 0.717) is 24.5 Å². The van der Waals surface area contributed by atoms with Gasteiger partial charge in [0, 0.05) is 25.6 Å². The molecule has 0 amide bonds. The van der Waals surface area contributed by atoms with Gasteiger partial charge in [-0.05, 0) is 54.8 Å². The summed E-state index contributed by atoms with van der Waals surface area (Å²) in [7, 11) is 3.57. The van der Waals surface area contributed by atoms with Crippen molar-refractivity contribution in [3.8, 4) is 17.2 Å². The molecule has 3 aromatic carbocycles. The molecule has 0 radical (unpaired) electrons. The highest BCUT2D eigenvalue weighted by atomic mass is 19.1. The number of rotatable bonds is 11. The Morgan fingerprint density at radius 1 is 0.972 bits per heavy atom. The summed E-state index contributed by atoms with van der Waals surface area (Å²) in [5, 5.41) is 0. The lowest BCUT2D eigenvalue weighted by Crippen LogP contribution is -2.07. The van der Waals surface area contributed by atoms with E-state index in [1.54, 1.807) is 32.2 Å². The molecule has 1 aromatic heterocycles. The molecule has 0 fully saturated rings. The maximum Gasteiger partial charge on any atom is 0.306 e. The van der Waals surface area contributed by atoms with E-state index >= 15 is 0 Å². The van der Waals surface area contributed by atoms with Crippen LogP contribution in [0.3, 0.4) is 0 Å². The number of nitrogens with zero attached hydrogens (tertiary/aromatic N) is 2. The van der Waals surface area contributed by atoms with Gasteiger partial charge in [0.05, 0.1) is 24.8 Å². The number of hydrogen-bond acceptors (Lipinski definition) is 6. The standard InChI is InChI=1S/C28H29FN2O5/c1-4-34-28(32)14-8-20-7-11-23(16-26(20)36-17-19-5-9-21(29)10-6-19)35-18-27-30-24-13-12-22(33-3)15-25(24)31(27)2/h5-7,9-13,15-16H,4,8,14,17-18H2,1-3H3. The Morgan fingerprint density at radius 2 is 1.75 bits per heavy atom. The number of hydrogen-bond donors (Lipinski definition) is 0. The van der Waals surface area contributed by atoms with Crippen LogP contribution in [0.2, 0.25) is 0 Å². The van der Waals surface area contributed by atoms with E-state index in [4.69, 9.17) is 18.9 Å². The Morgan fingerprint density at radius 3 is 2.50 bits per heavy atom. The number of carbonyl (C=O) groups is 1. The summed E-state index contributed by atoms with van der Waals surface area (Å²) in [5.74, 6) is 2.16. The van der Waals surface area contributed by atoms with Crippen LogP contribution >= 0.6 is 0 Å². The summed E-state index contributed by atoms with van der Waals surface area (Å²) in [6.07, 6.45) is 0.703. The molecule has 0 bridgehead atoms. The SMILES string of the molecule is CCOC(=O)CCc1ccc(OCc2nc3ccc(OC)cc3n2C)cc1OCc1ccc(F)cc1. The number of aromatic nitrogens is 2. The highest BCUT2D eigenvalue weighted by Gasteiger charge is 2.13. The molecule has 0 aliphatic carbocycles. The molecule has 0 saturated carbocycles. The van der Waals surface area contributed by atoms with E-state index in [2.05, 4.69) is 4.98 Å². The van der Waals surface area contributed by atoms with Crippen molar-refractivity contribution in [2.75, 3.05) is 13.7 Å². The fourth-order valence-electron chi connectivity index (χ4n) is 3.80. The van der Waals surface area contributed by atoms with E-state index in [0.717, 1.165) is 33.7 Å². The van der Waals surface area contributed by atoms with Gasteiger partial charge in [0.15, 0.2) is 0 Å². The van der Waals surface area contributed by atoms with Gasteiger partial charge in [-0.25, -0.2) is 9.37 Å². The summed E-state index contributed by atoms with van der Waals surface area (Å²) in [6, 6.07) is 17.4. The number of carbonyl (C=O) groups excluding carboxylic acids is 1. The van der Waals surface area contributed by atoms with Gasteiger partial charge in [0.1, 0.15) is 42.1 Å². The predicted molar refractivity (Wildman–Crippen MR) is 134 cm³/mol. The number of fused-ring (bicyclic) bond motifs is 1. The molecule has 0 spiro atoms. The highest BCUT2D eigenvalue weighted by molar-refractivity contribution is 5.77. The van der Waals surface area contributed by atoms with Crippen molar-refractivity contribution in [1.82, 2.24) is 9.55 Å². The summed E-state index contributed by atoms with van der Waals surface area (Å²) < 4.78 is 37.7. The first-order valence-electron chi connectivity index (χ1n) is 11.7. The lowest BCUT2D eigenvalue weighted by Gasteiger charge is -2.14. The summed E-state index contributed by atoms with van der Waals surface area (Å²) in [6.45, 7) is 2.63. The quantitative estimate of drug-likeness (QED) is 0.262. The minimum Gasteiger partial charge on any atom is -0.497 e. The van der Waals surface area contributed by atoms with Crippen LogP contribution < -0.4 is 14.2 Å². The van der Waals surface area contributed by atoms with Gasteiger partial charge in [-0.3, -0.25) is 4.79 Å². The molecule has 4 aromatic rings. The number of ether oxygens (including phenoxy) is 4. The second kappa shape index (κ2) is 11.6. The van der Waals surface area contributed by atoms with E-state index in [-0.39, 0.29) is 31.4 Å². The third kappa shape index (κ3) is 6.13. The highest BCUT2D eigenvalue weighted by Crippen LogP contribution is 2.28. The monoisotopic (exact) mass is 492 g/mol. The molecule has 36 heavy (non-hydrogen) atoms. The molecule has 0 aliphatic heterocycles. The maximum absolute atomic E-state index is 13.3. The minimum absolute atomic E-state index is 0.240. The summed E-state index contributed by atoms with van der Waals surface area (Å²) >= 11 is 0. The van der Waals surface area contributed by atoms with Gasteiger partial charge >= 0.3 is 5.97 Å². The molecule has 0 unspecified atom stereocenters. The lowest BCUT2D eigenvalue weighted by molar-refractivity contribution is -0.143. The average molecular weight is 493 g/mol. The zero-order chi connectivity index (χ0) is 25.5. The molecule has 7 nitrogen and oxygen atoms in total. The third-order valence-corrected chi connectivity index (χ3v) is 5.80. The average Bonchev–Trinajstić information content (AvgIpc) is 3.21. The molecule has 4 rings (SSSR count). The van der Waals surface area contributed by atoms with Crippen LogP contribution in [-0.4, -0.2) is 29.2 Å². The molecule has 0 saturated heterocycles. The number of methoxy groups -OCH3 is 1. The smallest absolute Gasteiger partial charge is 0.306 e. The number of esters is 1. The van der Waals surface area contributed by atoms with Crippen LogP contribution in [-0.2, 0) is 36.2 Å². The number of aryl methyl sites for hydroxylation is 2. The van der Waals surface area contributed by atoms with Crippen LogP contribution in [0, 0.1) is 5.82 Å². The molecule has 188 valence electrons. The lowest BCUT2D eigenvalue weighted by atomic mass is 10.1. The molecular weight excluding hydrogens is 463 g/mol. The Hall–Kier alpha value is -4.07. The molecular formula is C28H29FN2O5. The van der Waals surface area contributed by atoms with Crippen LogP contribution in [0.1, 0.15) is 30.3 Å². The van der Waals surface area contributed by atoms with E-state index in [9.17, 15) is 9.18 Å². The molecule has 0 N–H and O–H groups in total. The first-order valence-corrected chi connectivity index (χ1v) is 11.7. The second-order valence-electron chi connectivity index (χ2n) is 8.22. The van der Waals surface area contributed by atoms with Crippen molar-refractivity contribution in [1.29, 1.82) is 0 Å². The van der Waals surface area contributed by atoms with Crippen molar-refractivity contribution in [2.45, 2.75) is 33.0 Å². The van der Waals surface area contributed by atoms with Crippen molar-refractivity contribution in [2.24, 2.45) is 7.05 Å². The van der Waals surface area contributed by atoms with Crippen LogP contribution in [0.15, 0.2) is 60.7 Å². The van der Waals surface area contributed by atoms with Gasteiger partial charge in [0.25, 0.3) is 0 Å². The van der Waals surface area contributed by atoms with Crippen molar-refractivity contribution in [3.63, 3.8) is 0 Å². The zero-order valence-electron chi connectivity index (χ0n) is 20.6. The Kier molecular flexibility index (Phi) is 8.05. The largest absolute Gasteiger partial charge is 0.497 e.